The highest BCUT2D eigenvalue weighted by Gasteiger charge is 2.31. The standard InChI is InChI=1S/C19H22N2O2/c1-13-4-3-5-15(8-13)16-9-17(11-20-10-16)19(23)21(2)12-18(22)14-6-7-14/h3-5,8-11,14,18,22H,6-7,12H2,1-2H3. The van der Waals surface area contributed by atoms with Crippen molar-refractivity contribution in [3.05, 3.63) is 53.9 Å². The van der Waals surface area contributed by atoms with E-state index in [-0.39, 0.29) is 5.91 Å². The maximum absolute atomic E-state index is 12.5. The van der Waals surface area contributed by atoms with Crippen LogP contribution in [0, 0.1) is 12.8 Å². The maximum Gasteiger partial charge on any atom is 0.255 e. The van der Waals surface area contributed by atoms with Crippen LogP contribution in [0.3, 0.4) is 0 Å². The molecule has 1 aliphatic rings. The van der Waals surface area contributed by atoms with E-state index in [2.05, 4.69) is 11.1 Å². The number of aromatic nitrogens is 1. The molecule has 1 fully saturated rings. The smallest absolute Gasteiger partial charge is 0.255 e. The molecule has 1 aromatic heterocycles. The summed E-state index contributed by atoms with van der Waals surface area (Å²) in [6.45, 7) is 2.41. The lowest BCUT2D eigenvalue weighted by atomic mass is 10.0. The summed E-state index contributed by atoms with van der Waals surface area (Å²) in [5.41, 5.74) is 3.70. The van der Waals surface area contributed by atoms with Gasteiger partial charge < -0.3 is 10.0 Å². The largest absolute Gasteiger partial charge is 0.391 e. The third-order valence-electron chi connectivity index (χ3n) is 4.31. The van der Waals surface area contributed by atoms with Gasteiger partial charge in [0.1, 0.15) is 0 Å². The van der Waals surface area contributed by atoms with Crippen LogP contribution in [0.15, 0.2) is 42.7 Å². The van der Waals surface area contributed by atoms with Crippen LogP contribution in [-0.4, -0.2) is 40.6 Å². The Bertz CT molecular complexity index is 710. The van der Waals surface area contributed by atoms with E-state index in [1.165, 1.54) is 5.56 Å². The summed E-state index contributed by atoms with van der Waals surface area (Å²) in [5, 5.41) is 10.0. The molecule has 2 aromatic rings. The Kier molecular flexibility index (Phi) is 4.44. The lowest BCUT2D eigenvalue weighted by molar-refractivity contribution is 0.0645. The Morgan fingerprint density at radius 3 is 2.78 bits per heavy atom. The van der Waals surface area contributed by atoms with Gasteiger partial charge in [-0.3, -0.25) is 9.78 Å². The number of aryl methyl sites for hydroxylation is 1. The molecule has 0 aliphatic heterocycles. The van der Waals surface area contributed by atoms with Gasteiger partial charge in [0.15, 0.2) is 0 Å². The molecule has 23 heavy (non-hydrogen) atoms. The molecule has 4 nitrogen and oxygen atoms in total. The zero-order valence-electron chi connectivity index (χ0n) is 13.6. The van der Waals surface area contributed by atoms with Crippen LogP contribution in [0.4, 0.5) is 0 Å². The van der Waals surface area contributed by atoms with Gasteiger partial charge in [0.2, 0.25) is 0 Å². The first-order valence-corrected chi connectivity index (χ1v) is 8.00. The Morgan fingerprint density at radius 1 is 1.30 bits per heavy atom. The van der Waals surface area contributed by atoms with Gasteiger partial charge in [-0.1, -0.05) is 29.8 Å². The highest BCUT2D eigenvalue weighted by Crippen LogP contribution is 2.32. The van der Waals surface area contributed by atoms with Crippen LogP contribution in [0.25, 0.3) is 11.1 Å². The third kappa shape index (κ3) is 3.77. The van der Waals surface area contributed by atoms with Crippen molar-refractivity contribution in [3.8, 4) is 11.1 Å². The molecule has 1 saturated carbocycles. The topological polar surface area (TPSA) is 53.4 Å². The number of aliphatic hydroxyl groups is 1. The molecule has 1 atom stereocenters. The molecule has 3 rings (SSSR count). The van der Waals surface area contributed by atoms with Crippen LogP contribution in [0.1, 0.15) is 28.8 Å². The van der Waals surface area contributed by atoms with Gasteiger partial charge in [-0.05, 0) is 37.3 Å². The van der Waals surface area contributed by atoms with Gasteiger partial charge in [-0.2, -0.15) is 0 Å². The number of hydrogen-bond acceptors (Lipinski definition) is 3. The number of pyridine rings is 1. The SMILES string of the molecule is Cc1cccc(-c2cncc(C(=O)N(C)CC(O)C3CC3)c2)c1. The number of likely N-dealkylation sites (N-methyl/N-ethyl adjacent to an activating group) is 1. The molecule has 0 spiro atoms. The minimum atomic E-state index is -0.420. The molecule has 1 aliphatic carbocycles. The van der Waals surface area contributed by atoms with Crippen molar-refractivity contribution in [2.75, 3.05) is 13.6 Å². The molecule has 1 N–H and O–H groups in total. The number of carbonyl (C=O) groups is 1. The second-order valence-corrected chi connectivity index (χ2v) is 6.42. The fourth-order valence-corrected chi connectivity index (χ4v) is 2.75. The van der Waals surface area contributed by atoms with E-state index < -0.39 is 6.10 Å². The van der Waals surface area contributed by atoms with Crippen molar-refractivity contribution in [3.63, 3.8) is 0 Å². The zero-order chi connectivity index (χ0) is 16.4. The van der Waals surface area contributed by atoms with Crippen molar-refractivity contribution in [1.29, 1.82) is 0 Å². The monoisotopic (exact) mass is 310 g/mol. The minimum absolute atomic E-state index is 0.105. The average molecular weight is 310 g/mol. The van der Waals surface area contributed by atoms with Crippen LogP contribution >= 0.6 is 0 Å². The van der Waals surface area contributed by atoms with Crippen molar-refractivity contribution < 1.29 is 9.90 Å². The number of amides is 1. The van der Waals surface area contributed by atoms with Crippen LogP contribution in [-0.2, 0) is 0 Å². The normalized spacial score (nSPS) is 15.3. The molecule has 1 aromatic carbocycles. The molecular weight excluding hydrogens is 288 g/mol. The molecule has 4 heteroatoms. The van der Waals surface area contributed by atoms with Crippen LogP contribution < -0.4 is 0 Å². The maximum atomic E-state index is 12.5. The molecule has 1 unspecified atom stereocenters. The average Bonchev–Trinajstić information content (AvgIpc) is 3.39. The van der Waals surface area contributed by atoms with Gasteiger partial charge in [0.05, 0.1) is 11.7 Å². The predicted octanol–water partition coefficient (Wildman–Crippen LogP) is 2.90. The Balaban J connectivity index is 1.77. The second kappa shape index (κ2) is 6.50. The highest BCUT2D eigenvalue weighted by atomic mass is 16.3. The van der Waals surface area contributed by atoms with Gasteiger partial charge in [-0.25, -0.2) is 0 Å². The fraction of sp³-hybridized carbons (Fsp3) is 0.368. The predicted molar refractivity (Wildman–Crippen MR) is 90.1 cm³/mol. The summed E-state index contributed by atoms with van der Waals surface area (Å²) in [6, 6.07) is 9.99. The van der Waals surface area contributed by atoms with E-state index in [9.17, 15) is 9.90 Å². The van der Waals surface area contributed by atoms with Gasteiger partial charge >= 0.3 is 0 Å². The summed E-state index contributed by atoms with van der Waals surface area (Å²) >= 11 is 0. The minimum Gasteiger partial charge on any atom is -0.391 e. The number of hydrogen-bond donors (Lipinski definition) is 1. The summed E-state index contributed by atoms with van der Waals surface area (Å²) < 4.78 is 0. The fourth-order valence-electron chi connectivity index (χ4n) is 2.75. The zero-order valence-corrected chi connectivity index (χ0v) is 13.6. The van der Waals surface area contributed by atoms with Crippen molar-refractivity contribution in [2.24, 2.45) is 5.92 Å². The Labute approximate surface area is 136 Å². The Hall–Kier alpha value is -2.20. The molecule has 0 radical (unpaired) electrons. The number of benzene rings is 1. The first kappa shape index (κ1) is 15.7. The highest BCUT2D eigenvalue weighted by molar-refractivity contribution is 5.95. The van der Waals surface area contributed by atoms with Crippen LogP contribution in [0.2, 0.25) is 0 Å². The quantitative estimate of drug-likeness (QED) is 0.924. The van der Waals surface area contributed by atoms with Crippen molar-refractivity contribution in [2.45, 2.75) is 25.9 Å². The van der Waals surface area contributed by atoms with Crippen molar-refractivity contribution >= 4 is 5.91 Å². The summed E-state index contributed by atoms with van der Waals surface area (Å²) in [4.78, 5) is 18.3. The molecule has 120 valence electrons. The third-order valence-corrected chi connectivity index (χ3v) is 4.31. The van der Waals surface area contributed by atoms with Crippen LogP contribution in [0.5, 0.6) is 0 Å². The lowest BCUT2D eigenvalue weighted by Gasteiger charge is -2.21. The number of aliphatic hydroxyl groups excluding tert-OH is 1. The summed E-state index contributed by atoms with van der Waals surface area (Å²) in [6.07, 6.45) is 5.06. The molecular formula is C19H22N2O2. The van der Waals surface area contributed by atoms with E-state index in [1.54, 1.807) is 24.3 Å². The number of carbonyl (C=O) groups excluding carboxylic acids is 1. The van der Waals surface area contributed by atoms with E-state index >= 15 is 0 Å². The molecule has 0 bridgehead atoms. The van der Waals surface area contributed by atoms with E-state index in [1.807, 2.05) is 31.2 Å². The summed E-state index contributed by atoms with van der Waals surface area (Å²) in [5.74, 6) is 0.258. The van der Waals surface area contributed by atoms with Gasteiger partial charge in [-0.15, -0.1) is 0 Å². The molecule has 1 amide bonds. The van der Waals surface area contributed by atoms with Crippen molar-refractivity contribution in [1.82, 2.24) is 9.88 Å². The Morgan fingerprint density at radius 2 is 2.09 bits per heavy atom. The first-order valence-electron chi connectivity index (χ1n) is 8.00. The molecule has 0 saturated heterocycles. The van der Waals surface area contributed by atoms with E-state index in [0.717, 1.165) is 24.0 Å². The lowest BCUT2D eigenvalue weighted by Crippen LogP contribution is -2.35. The number of rotatable bonds is 5. The molecule has 1 heterocycles. The number of nitrogens with zero attached hydrogens (tertiary/aromatic N) is 2. The second-order valence-electron chi connectivity index (χ2n) is 6.42. The summed E-state index contributed by atoms with van der Waals surface area (Å²) in [7, 11) is 1.73. The van der Waals surface area contributed by atoms with E-state index in [4.69, 9.17) is 0 Å². The van der Waals surface area contributed by atoms with Gasteiger partial charge in [0.25, 0.3) is 5.91 Å². The van der Waals surface area contributed by atoms with E-state index in [0.29, 0.717) is 18.0 Å². The van der Waals surface area contributed by atoms with Gasteiger partial charge in [0, 0.05) is 31.5 Å². The first-order chi connectivity index (χ1) is 11.0.